The Bertz CT molecular complexity index is 275. The maximum absolute atomic E-state index is 12.0. The zero-order valence-corrected chi connectivity index (χ0v) is 14.1. The SMILES string of the molecule is CCCCCCCCCOC(=O)C(CCCC)=C(C)C. The Hall–Kier alpha value is -0.790. The summed E-state index contributed by atoms with van der Waals surface area (Å²) in [5.74, 6) is -0.0931. The summed E-state index contributed by atoms with van der Waals surface area (Å²) in [7, 11) is 0. The zero-order chi connectivity index (χ0) is 15.2. The predicted octanol–water partition coefficient (Wildman–Crippen LogP) is 5.81. The van der Waals surface area contributed by atoms with Crippen molar-refractivity contribution < 1.29 is 9.53 Å². The second kappa shape index (κ2) is 13.2. The van der Waals surface area contributed by atoms with Crippen LogP contribution in [0.3, 0.4) is 0 Å². The van der Waals surface area contributed by atoms with E-state index in [1.807, 2.05) is 13.8 Å². The molecule has 0 spiro atoms. The molecule has 20 heavy (non-hydrogen) atoms. The highest BCUT2D eigenvalue weighted by Crippen LogP contribution is 2.15. The Morgan fingerprint density at radius 2 is 1.35 bits per heavy atom. The van der Waals surface area contributed by atoms with Crippen LogP contribution in [0.4, 0.5) is 0 Å². The van der Waals surface area contributed by atoms with Gasteiger partial charge in [-0.2, -0.15) is 0 Å². The third-order valence-corrected chi connectivity index (χ3v) is 3.61. The highest BCUT2D eigenvalue weighted by atomic mass is 16.5. The number of esters is 1. The van der Waals surface area contributed by atoms with Gasteiger partial charge in [-0.25, -0.2) is 4.79 Å². The van der Waals surface area contributed by atoms with Gasteiger partial charge in [-0.15, -0.1) is 0 Å². The second-order valence-corrected chi connectivity index (χ2v) is 5.84. The lowest BCUT2D eigenvalue weighted by Crippen LogP contribution is -2.10. The summed E-state index contributed by atoms with van der Waals surface area (Å²) in [5, 5.41) is 0. The van der Waals surface area contributed by atoms with Gasteiger partial charge in [0.2, 0.25) is 0 Å². The first-order valence-corrected chi connectivity index (χ1v) is 8.46. The van der Waals surface area contributed by atoms with Gasteiger partial charge >= 0.3 is 5.97 Å². The molecule has 0 amide bonds. The fraction of sp³-hybridized carbons (Fsp3) is 0.833. The summed E-state index contributed by atoms with van der Waals surface area (Å²) >= 11 is 0. The Kier molecular flexibility index (Phi) is 12.7. The van der Waals surface area contributed by atoms with Crippen molar-refractivity contribution in [3.8, 4) is 0 Å². The van der Waals surface area contributed by atoms with Gasteiger partial charge in [0, 0.05) is 5.57 Å². The molecule has 0 saturated heterocycles. The van der Waals surface area contributed by atoms with Crippen LogP contribution in [0.15, 0.2) is 11.1 Å². The molecule has 0 rings (SSSR count). The predicted molar refractivity (Wildman–Crippen MR) is 86.9 cm³/mol. The topological polar surface area (TPSA) is 26.3 Å². The zero-order valence-electron chi connectivity index (χ0n) is 14.1. The van der Waals surface area contributed by atoms with Crippen LogP contribution in [0.5, 0.6) is 0 Å². The van der Waals surface area contributed by atoms with E-state index in [4.69, 9.17) is 4.74 Å². The first-order valence-electron chi connectivity index (χ1n) is 8.46. The summed E-state index contributed by atoms with van der Waals surface area (Å²) in [4.78, 5) is 12.0. The van der Waals surface area contributed by atoms with E-state index in [9.17, 15) is 4.79 Å². The van der Waals surface area contributed by atoms with Gasteiger partial charge in [0.05, 0.1) is 6.61 Å². The van der Waals surface area contributed by atoms with Crippen LogP contribution in [-0.4, -0.2) is 12.6 Å². The average molecular weight is 282 g/mol. The summed E-state index contributed by atoms with van der Waals surface area (Å²) in [6, 6.07) is 0. The molecule has 0 aromatic carbocycles. The van der Waals surface area contributed by atoms with Crippen LogP contribution >= 0.6 is 0 Å². The Balaban J connectivity index is 3.72. The molecular weight excluding hydrogens is 248 g/mol. The Labute approximate surface area is 126 Å². The molecule has 0 aromatic rings. The normalized spacial score (nSPS) is 10.4. The van der Waals surface area contributed by atoms with Crippen LogP contribution < -0.4 is 0 Å². The van der Waals surface area contributed by atoms with Crippen molar-refractivity contribution in [2.75, 3.05) is 6.61 Å². The van der Waals surface area contributed by atoms with E-state index in [0.717, 1.165) is 36.8 Å². The highest BCUT2D eigenvalue weighted by molar-refractivity contribution is 5.89. The Morgan fingerprint density at radius 1 is 0.800 bits per heavy atom. The third-order valence-electron chi connectivity index (χ3n) is 3.61. The van der Waals surface area contributed by atoms with Crippen molar-refractivity contribution in [2.24, 2.45) is 0 Å². The molecule has 0 aromatic heterocycles. The van der Waals surface area contributed by atoms with E-state index in [0.29, 0.717) is 6.61 Å². The molecule has 0 heterocycles. The van der Waals surface area contributed by atoms with Gasteiger partial charge in [0.1, 0.15) is 0 Å². The number of unbranched alkanes of at least 4 members (excludes halogenated alkanes) is 7. The van der Waals surface area contributed by atoms with Crippen molar-refractivity contribution in [3.63, 3.8) is 0 Å². The van der Waals surface area contributed by atoms with Crippen molar-refractivity contribution >= 4 is 5.97 Å². The average Bonchev–Trinajstić information content (AvgIpc) is 2.42. The van der Waals surface area contributed by atoms with E-state index >= 15 is 0 Å². The fourth-order valence-electron chi connectivity index (χ4n) is 2.22. The highest BCUT2D eigenvalue weighted by Gasteiger charge is 2.11. The first-order chi connectivity index (χ1) is 9.63. The van der Waals surface area contributed by atoms with Gasteiger partial charge in [-0.05, 0) is 33.1 Å². The molecule has 118 valence electrons. The summed E-state index contributed by atoms with van der Waals surface area (Å²) in [6.45, 7) is 8.96. The monoisotopic (exact) mass is 282 g/mol. The molecule has 0 aliphatic carbocycles. The largest absolute Gasteiger partial charge is 0.462 e. The second-order valence-electron chi connectivity index (χ2n) is 5.84. The number of rotatable bonds is 12. The van der Waals surface area contributed by atoms with Crippen LogP contribution in [0.2, 0.25) is 0 Å². The number of carbonyl (C=O) groups excluding carboxylic acids is 1. The first kappa shape index (κ1) is 19.2. The van der Waals surface area contributed by atoms with E-state index < -0.39 is 0 Å². The molecule has 0 atom stereocenters. The third kappa shape index (κ3) is 10.1. The summed E-state index contributed by atoms with van der Waals surface area (Å²) in [6.07, 6.45) is 11.8. The minimum absolute atomic E-state index is 0.0931. The van der Waals surface area contributed by atoms with Gasteiger partial charge in [0.15, 0.2) is 0 Å². The number of carbonyl (C=O) groups is 1. The fourth-order valence-corrected chi connectivity index (χ4v) is 2.22. The maximum Gasteiger partial charge on any atom is 0.333 e. The molecule has 0 radical (unpaired) electrons. The lowest BCUT2D eigenvalue weighted by atomic mass is 10.0. The molecular formula is C18H34O2. The minimum Gasteiger partial charge on any atom is -0.462 e. The number of allylic oxidation sites excluding steroid dienone is 1. The van der Waals surface area contributed by atoms with Crippen LogP contribution in [-0.2, 0) is 9.53 Å². The van der Waals surface area contributed by atoms with Crippen molar-refractivity contribution in [3.05, 3.63) is 11.1 Å². The van der Waals surface area contributed by atoms with Gasteiger partial charge in [0.25, 0.3) is 0 Å². The van der Waals surface area contributed by atoms with Gasteiger partial charge in [-0.3, -0.25) is 0 Å². The van der Waals surface area contributed by atoms with E-state index in [2.05, 4.69) is 13.8 Å². The molecule has 0 fully saturated rings. The molecule has 0 aliphatic heterocycles. The molecule has 0 unspecified atom stereocenters. The van der Waals surface area contributed by atoms with E-state index in [1.54, 1.807) is 0 Å². The van der Waals surface area contributed by atoms with E-state index in [-0.39, 0.29) is 5.97 Å². The maximum atomic E-state index is 12.0. The lowest BCUT2D eigenvalue weighted by Gasteiger charge is -2.10. The minimum atomic E-state index is -0.0931. The molecule has 0 bridgehead atoms. The number of hydrogen-bond donors (Lipinski definition) is 0. The van der Waals surface area contributed by atoms with Crippen molar-refractivity contribution in [2.45, 2.75) is 91.9 Å². The smallest absolute Gasteiger partial charge is 0.333 e. The molecule has 0 saturated carbocycles. The molecule has 0 N–H and O–H groups in total. The molecule has 0 aliphatic rings. The molecule has 2 heteroatoms. The molecule has 2 nitrogen and oxygen atoms in total. The quantitative estimate of drug-likeness (QED) is 0.256. The number of hydrogen-bond acceptors (Lipinski definition) is 2. The standard InChI is InChI=1S/C18H34O2/c1-5-7-9-10-11-12-13-15-20-18(19)17(16(3)4)14-8-6-2/h5-15H2,1-4H3. The van der Waals surface area contributed by atoms with Crippen molar-refractivity contribution in [1.29, 1.82) is 0 Å². The van der Waals surface area contributed by atoms with Crippen LogP contribution in [0.25, 0.3) is 0 Å². The van der Waals surface area contributed by atoms with E-state index in [1.165, 1.54) is 38.5 Å². The van der Waals surface area contributed by atoms with Gasteiger partial charge in [-0.1, -0.05) is 64.4 Å². The van der Waals surface area contributed by atoms with Crippen LogP contribution in [0.1, 0.15) is 91.9 Å². The van der Waals surface area contributed by atoms with Crippen LogP contribution in [0, 0.1) is 0 Å². The summed E-state index contributed by atoms with van der Waals surface area (Å²) < 4.78 is 5.39. The lowest BCUT2D eigenvalue weighted by molar-refractivity contribution is -0.139. The Morgan fingerprint density at radius 3 is 1.90 bits per heavy atom. The number of ether oxygens (including phenoxy) is 1. The van der Waals surface area contributed by atoms with Crippen molar-refractivity contribution in [1.82, 2.24) is 0 Å². The summed E-state index contributed by atoms with van der Waals surface area (Å²) in [5.41, 5.74) is 1.98. The van der Waals surface area contributed by atoms with Gasteiger partial charge < -0.3 is 4.74 Å².